The van der Waals surface area contributed by atoms with Crippen molar-refractivity contribution in [1.29, 1.82) is 0 Å². The lowest BCUT2D eigenvalue weighted by atomic mass is 9.77. The van der Waals surface area contributed by atoms with Crippen molar-refractivity contribution in [3.63, 3.8) is 0 Å². The lowest BCUT2D eigenvalue weighted by molar-refractivity contribution is -0.127. The minimum atomic E-state index is -4.22. The molecule has 0 spiro atoms. The van der Waals surface area contributed by atoms with E-state index in [9.17, 15) is 18.0 Å². The highest BCUT2D eigenvalue weighted by atomic mass is 19.4. The standard InChI is InChI=1S/C29H36F3NO/c1-3-20-9-12-27(33-18-20)28(34)26(25-15-23-10-7-19(2)13-24(23)16-25)11-8-21-5-4-6-22(14-21)17-29(30,31)32/h4-6,9,12,14,18-19,23-26H,3,7-8,10-11,13,15-17H2,1-2H3/t19?,23-,24+,25+,26?/m1/s1. The minimum absolute atomic E-state index is 0.103. The van der Waals surface area contributed by atoms with Gasteiger partial charge in [-0.3, -0.25) is 9.78 Å². The molecule has 184 valence electrons. The number of carbonyl (C=O) groups excluding carboxylic acids is 1. The van der Waals surface area contributed by atoms with Gasteiger partial charge in [-0.25, -0.2) is 0 Å². The van der Waals surface area contributed by atoms with Gasteiger partial charge in [0.25, 0.3) is 0 Å². The molecule has 4 rings (SSSR count). The highest BCUT2D eigenvalue weighted by Crippen LogP contribution is 2.50. The average Bonchev–Trinajstić information content (AvgIpc) is 3.21. The number of benzene rings is 1. The molecule has 0 amide bonds. The summed E-state index contributed by atoms with van der Waals surface area (Å²) in [5.74, 6) is 2.47. The van der Waals surface area contributed by atoms with Crippen LogP contribution in [-0.2, 0) is 19.3 Å². The topological polar surface area (TPSA) is 30.0 Å². The number of fused-ring (bicyclic) bond motifs is 1. The monoisotopic (exact) mass is 471 g/mol. The van der Waals surface area contributed by atoms with E-state index < -0.39 is 12.6 Å². The molecule has 0 aliphatic heterocycles. The minimum Gasteiger partial charge on any atom is -0.292 e. The maximum Gasteiger partial charge on any atom is 0.393 e. The van der Waals surface area contributed by atoms with Gasteiger partial charge in [0.1, 0.15) is 5.69 Å². The van der Waals surface area contributed by atoms with Crippen LogP contribution in [0.5, 0.6) is 0 Å². The summed E-state index contributed by atoms with van der Waals surface area (Å²) >= 11 is 0. The predicted molar refractivity (Wildman–Crippen MR) is 129 cm³/mol. The highest BCUT2D eigenvalue weighted by Gasteiger charge is 2.42. The Hall–Kier alpha value is -2.17. The number of halogens is 3. The first-order chi connectivity index (χ1) is 16.2. The molecule has 34 heavy (non-hydrogen) atoms. The summed E-state index contributed by atoms with van der Waals surface area (Å²) in [6.45, 7) is 4.40. The van der Waals surface area contributed by atoms with Crippen LogP contribution in [-0.4, -0.2) is 16.9 Å². The molecule has 0 N–H and O–H groups in total. The summed E-state index contributed by atoms with van der Waals surface area (Å²) in [6, 6.07) is 10.6. The van der Waals surface area contributed by atoms with Gasteiger partial charge in [-0.1, -0.05) is 50.6 Å². The summed E-state index contributed by atoms with van der Waals surface area (Å²) in [7, 11) is 0. The van der Waals surface area contributed by atoms with Crippen LogP contribution in [0.25, 0.3) is 0 Å². The Balaban J connectivity index is 1.52. The third-order valence-corrected chi connectivity index (χ3v) is 8.14. The van der Waals surface area contributed by atoms with Crippen molar-refractivity contribution in [1.82, 2.24) is 4.98 Å². The SMILES string of the molecule is CCc1ccc(C(=O)C(CCc2cccc(CC(F)(F)F)c2)[C@H]2C[C@H]3CCC(C)C[C@H]3C2)nc1. The molecule has 1 aromatic carbocycles. The molecule has 2 saturated carbocycles. The van der Waals surface area contributed by atoms with Crippen molar-refractivity contribution in [2.24, 2.45) is 29.6 Å². The van der Waals surface area contributed by atoms with Gasteiger partial charge >= 0.3 is 6.18 Å². The van der Waals surface area contributed by atoms with Gasteiger partial charge in [-0.15, -0.1) is 0 Å². The van der Waals surface area contributed by atoms with Crippen molar-refractivity contribution in [2.45, 2.75) is 77.8 Å². The Bertz CT molecular complexity index is 968. The molecular formula is C29H36F3NO. The number of alkyl halides is 3. The van der Waals surface area contributed by atoms with E-state index in [1.807, 2.05) is 18.2 Å². The largest absolute Gasteiger partial charge is 0.393 e. The van der Waals surface area contributed by atoms with Gasteiger partial charge < -0.3 is 0 Å². The predicted octanol–water partition coefficient (Wildman–Crippen LogP) is 7.64. The Labute approximate surface area is 201 Å². The van der Waals surface area contributed by atoms with Gasteiger partial charge in [0.15, 0.2) is 5.78 Å². The lowest BCUT2D eigenvalue weighted by Crippen LogP contribution is -2.24. The molecule has 2 aromatic rings. The molecule has 5 atom stereocenters. The van der Waals surface area contributed by atoms with Crippen molar-refractivity contribution in [3.05, 3.63) is 65.0 Å². The zero-order valence-corrected chi connectivity index (χ0v) is 20.3. The molecule has 1 aromatic heterocycles. The van der Waals surface area contributed by atoms with Crippen molar-refractivity contribution in [2.75, 3.05) is 0 Å². The van der Waals surface area contributed by atoms with Crippen molar-refractivity contribution >= 4 is 5.78 Å². The van der Waals surface area contributed by atoms with Crippen LogP contribution in [0, 0.1) is 29.6 Å². The van der Waals surface area contributed by atoms with Crippen LogP contribution < -0.4 is 0 Å². The molecule has 0 saturated heterocycles. The fourth-order valence-corrected chi connectivity index (χ4v) is 6.36. The molecule has 2 unspecified atom stereocenters. The fraction of sp³-hybridized carbons (Fsp3) is 0.586. The van der Waals surface area contributed by atoms with Crippen molar-refractivity contribution < 1.29 is 18.0 Å². The van der Waals surface area contributed by atoms with Crippen LogP contribution in [0.4, 0.5) is 13.2 Å². The van der Waals surface area contributed by atoms with Gasteiger partial charge in [0.2, 0.25) is 0 Å². The molecule has 0 radical (unpaired) electrons. The number of aromatic nitrogens is 1. The molecular weight excluding hydrogens is 435 g/mol. The van der Waals surface area contributed by atoms with E-state index in [-0.39, 0.29) is 17.3 Å². The first-order valence-corrected chi connectivity index (χ1v) is 12.9. The molecule has 0 bridgehead atoms. The highest BCUT2D eigenvalue weighted by molar-refractivity contribution is 5.96. The quantitative estimate of drug-likeness (QED) is 0.370. The van der Waals surface area contributed by atoms with Gasteiger partial charge in [0, 0.05) is 12.1 Å². The number of carbonyl (C=O) groups is 1. The first-order valence-electron chi connectivity index (χ1n) is 12.9. The van der Waals surface area contributed by atoms with E-state index >= 15 is 0 Å². The third-order valence-electron chi connectivity index (χ3n) is 8.14. The average molecular weight is 472 g/mol. The van der Waals surface area contributed by atoms with Crippen LogP contribution in [0.3, 0.4) is 0 Å². The van der Waals surface area contributed by atoms with Crippen LogP contribution >= 0.6 is 0 Å². The summed E-state index contributed by atoms with van der Waals surface area (Å²) in [4.78, 5) is 18.1. The van der Waals surface area contributed by atoms with E-state index in [0.717, 1.165) is 36.3 Å². The second-order valence-corrected chi connectivity index (χ2v) is 10.7. The molecule has 1 heterocycles. The Kier molecular flexibility index (Phi) is 7.79. The maximum atomic E-state index is 13.7. The Morgan fingerprint density at radius 1 is 1.03 bits per heavy atom. The first kappa shape index (κ1) is 24.9. The van der Waals surface area contributed by atoms with Crippen molar-refractivity contribution in [3.8, 4) is 0 Å². The number of hydrogen-bond donors (Lipinski definition) is 0. The van der Waals surface area contributed by atoms with E-state index in [1.54, 1.807) is 18.3 Å². The van der Waals surface area contributed by atoms with Crippen LogP contribution in [0.15, 0.2) is 42.6 Å². The van der Waals surface area contributed by atoms with E-state index in [2.05, 4.69) is 18.8 Å². The number of hydrogen-bond acceptors (Lipinski definition) is 2. The summed E-state index contributed by atoms with van der Waals surface area (Å²) in [5.41, 5.74) is 2.79. The van der Waals surface area contributed by atoms with E-state index in [1.165, 1.54) is 25.3 Å². The number of Topliss-reactive ketones (excluding diaryl/α,β-unsaturated/α-hetero) is 1. The fourth-order valence-electron chi connectivity index (χ4n) is 6.36. The zero-order chi connectivity index (χ0) is 24.3. The molecule has 5 heteroatoms. The van der Waals surface area contributed by atoms with Gasteiger partial charge in [-0.05, 0) is 91.4 Å². The van der Waals surface area contributed by atoms with Gasteiger partial charge in [-0.2, -0.15) is 13.2 Å². The molecule has 2 nitrogen and oxygen atoms in total. The molecule has 2 aliphatic carbocycles. The summed E-state index contributed by atoms with van der Waals surface area (Å²) in [5, 5.41) is 0. The third kappa shape index (κ3) is 6.28. The Morgan fingerprint density at radius 2 is 1.79 bits per heavy atom. The second kappa shape index (κ2) is 10.6. The molecule has 2 fully saturated rings. The number of nitrogens with zero attached hydrogens (tertiary/aromatic N) is 1. The van der Waals surface area contributed by atoms with Crippen LogP contribution in [0.1, 0.15) is 79.6 Å². The van der Waals surface area contributed by atoms with Crippen LogP contribution in [0.2, 0.25) is 0 Å². The number of pyridine rings is 1. The second-order valence-electron chi connectivity index (χ2n) is 10.7. The smallest absolute Gasteiger partial charge is 0.292 e. The number of rotatable bonds is 8. The zero-order valence-electron chi connectivity index (χ0n) is 20.3. The van der Waals surface area contributed by atoms with Gasteiger partial charge in [0.05, 0.1) is 6.42 Å². The lowest BCUT2D eigenvalue weighted by Gasteiger charge is -2.29. The maximum absolute atomic E-state index is 13.7. The normalized spacial score (nSPS) is 25.7. The number of ketones is 1. The molecule has 2 aliphatic rings. The summed E-state index contributed by atoms with van der Waals surface area (Å²) < 4.78 is 38.6. The number of aryl methyl sites for hydroxylation is 2. The Morgan fingerprint density at radius 3 is 2.50 bits per heavy atom. The summed E-state index contributed by atoms with van der Waals surface area (Å²) in [6.07, 6.45) is 4.77. The van der Waals surface area contributed by atoms with E-state index in [0.29, 0.717) is 36.3 Å². The van der Waals surface area contributed by atoms with E-state index in [4.69, 9.17) is 0 Å².